The topological polar surface area (TPSA) is 55.1 Å². The van der Waals surface area contributed by atoms with E-state index < -0.39 is 0 Å². The minimum Gasteiger partial charge on any atom is -0.369 e. The zero-order valence-corrected chi connectivity index (χ0v) is 7.31. The lowest BCUT2D eigenvalue weighted by Gasteiger charge is -2.23. The summed E-state index contributed by atoms with van der Waals surface area (Å²) in [5.41, 5.74) is 6.34. The molecular weight excluding hydrogens is 152 g/mol. The van der Waals surface area contributed by atoms with Crippen molar-refractivity contribution in [3.63, 3.8) is 0 Å². The Morgan fingerprint density at radius 2 is 2.17 bits per heavy atom. The van der Waals surface area contributed by atoms with E-state index in [9.17, 15) is 4.79 Å². The van der Waals surface area contributed by atoms with Crippen molar-refractivity contribution in [2.24, 2.45) is 5.73 Å². The molecule has 3 nitrogen and oxygen atoms in total. The fraction of sp³-hybridized carbons (Fsp3) is 0.667. The van der Waals surface area contributed by atoms with Gasteiger partial charge in [0.15, 0.2) is 0 Å². The summed E-state index contributed by atoms with van der Waals surface area (Å²) in [6.07, 6.45) is 4.34. The van der Waals surface area contributed by atoms with Crippen LogP contribution in [-0.4, -0.2) is 18.5 Å². The largest absolute Gasteiger partial charge is 0.369 e. The molecule has 0 spiro atoms. The molecule has 3 heteroatoms. The fourth-order valence-corrected chi connectivity index (χ4v) is 1.48. The van der Waals surface area contributed by atoms with Gasteiger partial charge >= 0.3 is 0 Å². The highest BCUT2D eigenvalue weighted by atomic mass is 16.1. The van der Waals surface area contributed by atoms with E-state index in [1.165, 1.54) is 5.57 Å². The summed E-state index contributed by atoms with van der Waals surface area (Å²) in [7, 11) is 0. The van der Waals surface area contributed by atoms with Crippen molar-refractivity contribution in [2.75, 3.05) is 6.54 Å². The standard InChI is InChI=1S/C9H16N2O/c1-7-2-4-8(5-3-7)11-6-9(10)12/h8,11H,1-6H2,(H2,10,12). The van der Waals surface area contributed by atoms with Crippen LogP contribution in [0.4, 0.5) is 0 Å². The van der Waals surface area contributed by atoms with Crippen molar-refractivity contribution >= 4 is 5.91 Å². The van der Waals surface area contributed by atoms with Gasteiger partial charge in [-0.1, -0.05) is 12.2 Å². The highest BCUT2D eigenvalue weighted by Crippen LogP contribution is 2.21. The normalized spacial score (nSPS) is 19.5. The molecule has 0 heterocycles. The van der Waals surface area contributed by atoms with Gasteiger partial charge in [0.2, 0.25) is 5.91 Å². The molecule has 3 N–H and O–H groups in total. The van der Waals surface area contributed by atoms with Crippen LogP contribution in [0.25, 0.3) is 0 Å². The maximum atomic E-state index is 10.4. The Kier molecular flexibility index (Phi) is 3.29. The molecular formula is C9H16N2O. The number of nitrogens with one attached hydrogen (secondary N) is 1. The van der Waals surface area contributed by atoms with Crippen LogP contribution in [0.1, 0.15) is 25.7 Å². The summed E-state index contributed by atoms with van der Waals surface area (Å²) < 4.78 is 0. The molecule has 0 aromatic rings. The van der Waals surface area contributed by atoms with Gasteiger partial charge < -0.3 is 11.1 Å². The number of nitrogens with two attached hydrogens (primary N) is 1. The fourth-order valence-electron chi connectivity index (χ4n) is 1.48. The van der Waals surface area contributed by atoms with Crippen LogP contribution in [0.15, 0.2) is 12.2 Å². The highest BCUT2D eigenvalue weighted by Gasteiger charge is 2.14. The van der Waals surface area contributed by atoms with Gasteiger partial charge in [-0.05, 0) is 25.7 Å². The lowest BCUT2D eigenvalue weighted by molar-refractivity contribution is -0.117. The third-order valence-electron chi connectivity index (χ3n) is 2.26. The number of carbonyl (C=O) groups is 1. The van der Waals surface area contributed by atoms with Crippen molar-refractivity contribution in [3.8, 4) is 0 Å². The van der Waals surface area contributed by atoms with Gasteiger partial charge in [-0.15, -0.1) is 0 Å². The van der Waals surface area contributed by atoms with Crippen LogP contribution >= 0.6 is 0 Å². The van der Waals surface area contributed by atoms with E-state index in [0.717, 1.165) is 25.7 Å². The number of amides is 1. The first-order chi connectivity index (χ1) is 5.68. The molecule has 68 valence electrons. The third-order valence-corrected chi connectivity index (χ3v) is 2.26. The maximum absolute atomic E-state index is 10.4. The number of primary amides is 1. The van der Waals surface area contributed by atoms with E-state index in [0.29, 0.717) is 12.6 Å². The average molecular weight is 168 g/mol. The Balaban J connectivity index is 2.17. The van der Waals surface area contributed by atoms with Gasteiger partial charge in [0.25, 0.3) is 0 Å². The van der Waals surface area contributed by atoms with E-state index >= 15 is 0 Å². The Morgan fingerprint density at radius 1 is 1.58 bits per heavy atom. The smallest absolute Gasteiger partial charge is 0.231 e. The van der Waals surface area contributed by atoms with Gasteiger partial charge in [-0.25, -0.2) is 0 Å². The lowest BCUT2D eigenvalue weighted by atomic mass is 9.92. The lowest BCUT2D eigenvalue weighted by Crippen LogP contribution is -2.37. The molecule has 1 fully saturated rings. The summed E-state index contributed by atoms with van der Waals surface area (Å²) in [4.78, 5) is 10.4. The van der Waals surface area contributed by atoms with E-state index in [4.69, 9.17) is 5.73 Å². The number of hydrogen-bond donors (Lipinski definition) is 2. The molecule has 0 saturated heterocycles. The molecule has 0 atom stereocenters. The third kappa shape index (κ3) is 3.05. The SMILES string of the molecule is C=C1CCC(NCC(N)=O)CC1. The van der Waals surface area contributed by atoms with Crippen molar-refractivity contribution in [3.05, 3.63) is 12.2 Å². The zero-order chi connectivity index (χ0) is 8.97. The average Bonchev–Trinajstić information content (AvgIpc) is 2.03. The molecule has 1 amide bonds. The quantitative estimate of drug-likeness (QED) is 0.605. The predicted molar refractivity (Wildman–Crippen MR) is 48.6 cm³/mol. The molecule has 0 radical (unpaired) electrons. The monoisotopic (exact) mass is 168 g/mol. The summed E-state index contributed by atoms with van der Waals surface area (Å²) in [6.45, 7) is 4.23. The number of rotatable bonds is 3. The van der Waals surface area contributed by atoms with Crippen LogP contribution in [0.3, 0.4) is 0 Å². The molecule has 0 bridgehead atoms. The first-order valence-electron chi connectivity index (χ1n) is 4.37. The van der Waals surface area contributed by atoms with E-state index in [2.05, 4.69) is 11.9 Å². The van der Waals surface area contributed by atoms with Crippen LogP contribution in [0, 0.1) is 0 Å². The van der Waals surface area contributed by atoms with Gasteiger partial charge in [0.05, 0.1) is 6.54 Å². The molecule has 1 aliphatic rings. The Labute approximate surface area is 73.0 Å². The summed E-state index contributed by atoms with van der Waals surface area (Å²) >= 11 is 0. The first kappa shape index (κ1) is 9.26. The van der Waals surface area contributed by atoms with Crippen LogP contribution < -0.4 is 11.1 Å². The van der Waals surface area contributed by atoms with Gasteiger partial charge in [-0.2, -0.15) is 0 Å². The van der Waals surface area contributed by atoms with Gasteiger partial charge in [0.1, 0.15) is 0 Å². The van der Waals surface area contributed by atoms with Crippen molar-refractivity contribution < 1.29 is 4.79 Å². The number of allylic oxidation sites excluding steroid dienone is 1. The van der Waals surface area contributed by atoms with Crippen LogP contribution in [0.5, 0.6) is 0 Å². The summed E-state index contributed by atoms with van der Waals surface area (Å²) in [5.74, 6) is -0.278. The van der Waals surface area contributed by atoms with Crippen LogP contribution in [0.2, 0.25) is 0 Å². The Bertz CT molecular complexity index is 179. The molecule has 12 heavy (non-hydrogen) atoms. The zero-order valence-electron chi connectivity index (χ0n) is 7.31. The minimum absolute atomic E-state index is 0.278. The van der Waals surface area contributed by atoms with Crippen molar-refractivity contribution in [2.45, 2.75) is 31.7 Å². The van der Waals surface area contributed by atoms with Gasteiger partial charge in [0, 0.05) is 6.04 Å². The van der Waals surface area contributed by atoms with Gasteiger partial charge in [-0.3, -0.25) is 4.79 Å². The molecule has 1 aliphatic carbocycles. The first-order valence-corrected chi connectivity index (χ1v) is 4.37. The summed E-state index contributed by atoms with van der Waals surface area (Å²) in [5, 5.41) is 3.13. The van der Waals surface area contributed by atoms with Crippen molar-refractivity contribution in [1.29, 1.82) is 0 Å². The van der Waals surface area contributed by atoms with Crippen molar-refractivity contribution in [1.82, 2.24) is 5.32 Å². The number of hydrogen-bond acceptors (Lipinski definition) is 2. The Morgan fingerprint density at radius 3 is 2.67 bits per heavy atom. The predicted octanol–water partition coefficient (Wildman–Crippen LogP) is 0.560. The van der Waals surface area contributed by atoms with E-state index in [-0.39, 0.29) is 5.91 Å². The highest BCUT2D eigenvalue weighted by molar-refractivity contribution is 5.75. The second kappa shape index (κ2) is 4.26. The second-order valence-electron chi connectivity index (χ2n) is 3.37. The molecule has 0 aliphatic heterocycles. The number of carbonyl (C=O) groups excluding carboxylic acids is 1. The second-order valence-corrected chi connectivity index (χ2v) is 3.37. The molecule has 0 aromatic carbocycles. The maximum Gasteiger partial charge on any atom is 0.231 e. The minimum atomic E-state index is -0.278. The molecule has 1 rings (SSSR count). The molecule has 1 saturated carbocycles. The summed E-state index contributed by atoms with van der Waals surface area (Å²) in [6, 6.07) is 0.461. The van der Waals surface area contributed by atoms with E-state index in [1.54, 1.807) is 0 Å². The van der Waals surface area contributed by atoms with E-state index in [1.807, 2.05) is 0 Å². The Hall–Kier alpha value is -0.830. The van der Waals surface area contributed by atoms with Crippen LogP contribution in [-0.2, 0) is 4.79 Å². The molecule has 0 aromatic heterocycles. The molecule has 0 unspecified atom stereocenters.